The lowest BCUT2D eigenvalue weighted by Crippen LogP contribution is -2.25. The maximum Gasteiger partial charge on any atom is 0.346 e. The minimum Gasteiger partial charge on any atom is -0.466 e. The van der Waals surface area contributed by atoms with Crippen LogP contribution in [0.4, 0.5) is 0 Å². The van der Waals surface area contributed by atoms with Crippen molar-refractivity contribution in [3.05, 3.63) is 0 Å². The van der Waals surface area contributed by atoms with Crippen LogP contribution in [0.15, 0.2) is 0 Å². The van der Waals surface area contributed by atoms with Gasteiger partial charge in [-0.1, -0.05) is 0 Å². The van der Waals surface area contributed by atoms with Crippen molar-refractivity contribution in [2.75, 3.05) is 33.5 Å². The van der Waals surface area contributed by atoms with Crippen LogP contribution in [-0.4, -0.2) is 74.7 Å². The molecule has 0 aliphatic heterocycles. The molecule has 0 aromatic carbocycles. The maximum atomic E-state index is 11.4. The summed E-state index contributed by atoms with van der Waals surface area (Å²) in [4.78, 5) is 44.8. The molecule has 0 aromatic heterocycles. The maximum absolute atomic E-state index is 11.4. The molecular formula is C15H24O10. The highest BCUT2D eigenvalue weighted by Gasteiger charge is 2.18. The van der Waals surface area contributed by atoms with Gasteiger partial charge in [-0.25, -0.2) is 9.59 Å². The molecule has 0 aromatic rings. The van der Waals surface area contributed by atoms with Gasteiger partial charge in [0.2, 0.25) is 0 Å². The van der Waals surface area contributed by atoms with Crippen LogP contribution in [0.1, 0.15) is 26.7 Å². The first-order chi connectivity index (χ1) is 11.8. The van der Waals surface area contributed by atoms with Gasteiger partial charge >= 0.3 is 23.9 Å². The number of aliphatic hydroxyl groups is 1. The predicted molar refractivity (Wildman–Crippen MR) is 81.2 cm³/mol. The van der Waals surface area contributed by atoms with E-state index in [1.165, 1.54) is 21.0 Å². The van der Waals surface area contributed by atoms with E-state index in [9.17, 15) is 19.2 Å². The van der Waals surface area contributed by atoms with Crippen LogP contribution < -0.4 is 0 Å². The molecule has 0 saturated carbocycles. The first-order valence-electron chi connectivity index (χ1n) is 7.63. The number of carbonyl (C=O) groups excluding carboxylic acids is 4. The second kappa shape index (κ2) is 13.1. The fraction of sp³-hybridized carbons (Fsp3) is 0.733. The van der Waals surface area contributed by atoms with Gasteiger partial charge in [-0.15, -0.1) is 0 Å². The lowest BCUT2D eigenvalue weighted by molar-refractivity contribution is -0.165. The van der Waals surface area contributed by atoms with Gasteiger partial charge in [0, 0.05) is 0 Å². The number of aliphatic hydroxyl groups excluding tert-OH is 1. The molecule has 0 aliphatic rings. The number of rotatable bonds is 12. The summed E-state index contributed by atoms with van der Waals surface area (Å²) in [6.07, 6.45) is -2.65. The molecule has 2 atom stereocenters. The molecule has 2 unspecified atom stereocenters. The molecule has 10 nitrogen and oxygen atoms in total. The van der Waals surface area contributed by atoms with Crippen molar-refractivity contribution in [3.63, 3.8) is 0 Å². The van der Waals surface area contributed by atoms with Gasteiger partial charge in [0.1, 0.15) is 19.3 Å². The monoisotopic (exact) mass is 364 g/mol. The van der Waals surface area contributed by atoms with Crippen LogP contribution in [0.2, 0.25) is 0 Å². The molecular weight excluding hydrogens is 340 g/mol. The van der Waals surface area contributed by atoms with Crippen LogP contribution >= 0.6 is 0 Å². The number of esters is 4. The van der Waals surface area contributed by atoms with E-state index in [1.54, 1.807) is 0 Å². The zero-order valence-corrected chi connectivity index (χ0v) is 14.5. The van der Waals surface area contributed by atoms with E-state index >= 15 is 0 Å². The normalized spacial score (nSPS) is 12.6. The number of carbonyl (C=O) groups is 4. The highest BCUT2D eigenvalue weighted by Crippen LogP contribution is 2.01. The number of hydrogen-bond acceptors (Lipinski definition) is 10. The Labute approximate surface area is 145 Å². The van der Waals surface area contributed by atoms with Gasteiger partial charge in [-0.3, -0.25) is 9.59 Å². The molecule has 144 valence electrons. The standard InChI is InChI=1S/C15H24O10/c1-10(16)14(19)24-9-7-22-6-8-23-12(17)4-5-13(18)25-11(2)15(20)21-3/h10-11,16H,4-9H2,1-3H3. The predicted octanol–water partition coefficient (Wildman–Crippen LogP) is -0.645. The van der Waals surface area contributed by atoms with Crippen LogP contribution in [0.3, 0.4) is 0 Å². The summed E-state index contributed by atoms with van der Waals surface area (Å²) in [5.74, 6) is -2.77. The molecule has 0 bridgehead atoms. The summed E-state index contributed by atoms with van der Waals surface area (Å²) >= 11 is 0. The molecule has 0 spiro atoms. The summed E-state index contributed by atoms with van der Waals surface area (Å²) in [6, 6.07) is 0. The SMILES string of the molecule is COC(=O)C(C)OC(=O)CCC(=O)OCCOCCOC(=O)C(C)O. The van der Waals surface area contributed by atoms with E-state index in [-0.39, 0.29) is 39.3 Å². The fourth-order valence-corrected chi connectivity index (χ4v) is 1.38. The van der Waals surface area contributed by atoms with Gasteiger partial charge in [0.15, 0.2) is 6.10 Å². The van der Waals surface area contributed by atoms with Gasteiger partial charge in [-0.05, 0) is 13.8 Å². The van der Waals surface area contributed by atoms with Crippen LogP contribution in [0.5, 0.6) is 0 Å². The lowest BCUT2D eigenvalue weighted by atomic mass is 10.3. The first-order valence-corrected chi connectivity index (χ1v) is 7.63. The molecule has 0 rings (SSSR count). The van der Waals surface area contributed by atoms with Gasteiger partial charge < -0.3 is 28.8 Å². The summed E-state index contributed by atoms with van der Waals surface area (Å²) in [7, 11) is 1.17. The summed E-state index contributed by atoms with van der Waals surface area (Å²) in [5.41, 5.74) is 0. The lowest BCUT2D eigenvalue weighted by Gasteiger charge is -2.10. The van der Waals surface area contributed by atoms with Crippen molar-refractivity contribution >= 4 is 23.9 Å². The van der Waals surface area contributed by atoms with Crippen molar-refractivity contribution in [2.45, 2.75) is 38.9 Å². The minimum atomic E-state index is -1.19. The van der Waals surface area contributed by atoms with Crippen molar-refractivity contribution in [1.29, 1.82) is 0 Å². The van der Waals surface area contributed by atoms with E-state index in [4.69, 9.17) is 19.3 Å². The number of methoxy groups -OCH3 is 1. The summed E-state index contributed by atoms with van der Waals surface area (Å²) in [6.45, 7) is 2.76. The third-order valence-electron chi connectivity index (χ3n) is 2.68. The Morgan fingerprint density at radius 1 is 0.840 bits per heavy atom. The Kier molecular flexibility index (Phi) is 12.0. The summed E-state index contributed by atoms with van der Waals surface area (Å²) in [5, 5.41) is 8.87. The Morgan fingerprint density at radius 2 is 1.40 bits per heavy atom. The molecule has 0 amide bonds. The quantitative estimate of drug-likeness (QED) is 0.270. The molecule has 25 heavy (non-hydrogen) atoms. The van der Waals surface area contributed by atoms with Gasteiger partial charge in [0.25, 0.3) is 0 Å². The van der Waals surface area contributed by atoms with E-state index in [0.717, 1.165) is 0 Å². The Hall–Kier alpha value is -2.20. The van der Waals surface area contributed by atoms with Gasteiger partial charge in [-0.2, -0.15) is 0 Å². The highest BCUT2D eigenvalue weighted by atomic mass is 16.6. The Bertz CT molecular complexity index is 446. The molecule has 1 N–H and O–H groups in total. The van der Waals surface area contributed by atoms with Crippen molar-refractivity contribution in [1.82, 2.24) is 0 Å². The molecule has 10 heteroatoms. The second-order valence-corrected chi connectivity index (χ2v) is 4.83. The Balaban J connectivity index is 3.63. The third-order valence-corrected chi connectivity index (χ3v) is 2.68. The molecule has 0 radical (unpaired) electrons. The number of hydrogen-bond donors (Lipinski definition) is 1. The van der Waals surface area contributed by atoms with E-state index < -0.39 is 36.1 Å². The van der Waals surface area contributed by atoms with Crippen LogP contribution in [0.25, 0.3) is 0 Å². The molecule has 0 saturated heterocycles. The Morgan fingerprint density at radius 3 is 1.96 bits per heavy atom. The van der Waals surface area contributed by atoms with Crippen molar-refractivity contribution in [2.24, 2.45) is 0 Å². The zero-order chi connectivity index (χ0) is 19.2. The van der Waals surface area contributed by atoms with E-state index in [0.29, 0.717) is 0 Å². The average molecular weight is 364 g/mol. The largest absolute Gasteiger partial charge is 0.466 e. The van der Waals surface area contributed by atoms with Crippen LogP contribution in [0, 0.1) is 0 Å². The zero-order valence-electron chi connectivity index (χ0n) is 14.5. The number of ether oxygens (including phenoxy) is 5. The highest BCUT2D eigenvalue weighted by molar-refractivity contribution is 5.81. The smallest absolute Gasteiger partial charge is 0.346 e. The topological polar surface area (TPSA) is 135 Å². The van der Waals surface area contributed by atoms with Crippen molar-refractivity contribution in [3.8, 4) is 0 Å². The summed E-state index contributed by atoms with van der Waals surface area (Å²) < 4.78 is 23.7. The minimum absolute atomic E-state index is 0.0259. The third kappa shape index (κ3) is 11.9. The molecule has 0 aliphatic carbocycles. The molecule has 0 heterocycles. The van der Waals surface area contributed by atoms with Crippen LogP contribution in [-0.2, 0) is 42.9 Å². The van der Waals surface area contributed by atoms with E-state index in [2.05, 4.69) is 9.47 Å². The van der Waals surface area contributed by atoms with Gasteiger partial charge in [0.05, 0.1) is 33.2 Å². The fourth-order valence-electron chi connectivity index (χ4n) is 1.38. The average Bonchev–Trinajstić information content (AvgIpc) is 2.57. The molecule has 0 fully saturated rings. The first kappa shape index (κ1) is 22.8. The van der Waals surface area contributed by atoms with E-state index in [1.807, 2.05) is 0 Å². The second-order valence-electron chi connectivity index (χ2n) is 4.83. The van der Waals surface area contributed by atoms with Crippen molar-refractivity contribution < 1.29 is 48.0 Å².